The van der Waals surface area contributed by atoms with E-state index in [1.807, 2.05) is 30.3 Å². The predicted octanol–water partition coefficient (Wildman–Crippen LogP) is 3.29. The third-order valence-electron chi connectivity index (χ3n) is 3.51. The number of hydrogen-bond acceptors (Lipinski definition) is 2. The van der Waals surface area contributed by atoms with Gasteiger partial charge in [0.25, 0.3) is 5.91 Å². The van der Waals surface area contributed by atoms with Gasteiger partial charge in [-0.15, -0.1) is 3.96 Å². The number of aromatic nitrogens is 1. The molecule has 0 saturated carbocycles. The fourth-order valence-corrected chi connectivity index (χ4v) is 4.85. The number of hydrogen-bond donors (Lipinski definition) is 1. The molecule has 1 unspecified atom stereocenters. The lowest BCUT2D eigenvalue weighted by Crippen LogP contribution is -2.19. The summed E-state index contributed by atoms with van der Waals surface area (Å²) in [7, 11) is 2.72. The average molecular weight is 334 g/mol. The molecule has 0 radical (unpaired) electrons. The Bertz CT molecular complexity index is 943. The lowest BCUT2D eigenvalue weighted by Gasteiger charge is -2.03. The monoisotopic (exact) mass is 333 g/mol. The molecule has 6 heteroatoms. The predicted molar refractivity (Wildman–Crippen MR) is 91.4 cm³/mol. The van der Waals surface area contributed by atoms with Crippen molar-refractivity contribution in [2.75, 3.05) is 7.05 Å². The van der Waals surface area contributed by atoms with E-state index in [1.54, 1.807) is 30.2 Å². The summed E-state index contributed by atoms with van der Waals surface area (Å²) in [5.74, 6) is -0.213. The molecule has 1 aromatic heterocycles. The number of carbonyl (C=O) groups excluding carboxylic acids is 1. The van der Waals surface area contributed by atoms with Gasteiger partial charge in [0, 0.05) is 24.2 Å². The summed E-state index contributed by atoms with van der Waals surface area (Å²) < 4.78 is 2.61. The molecule has 2 aromatic carbocycles. The Balaban J connectivity index is 2.41. The highest BCUT2D eigenvalue weighted by Crippen LogP contribution is 2.39. The maximum absolute atomic E-state index is 12.4. The zero-order valence-electron chi connectivity index (χ0n) is 12.1. The van der Waals surface area contributed by atoms with Crippen LogP contribution in [0.1, 0.15) is 10.4 Å². The Morgan fingerprint density at radius 1 is 1.23 bits per heavy atom. The van der Waals surface area contributed by atoms with Crippen LogP contribution in [0.2, 0.25) is 5.02 Å². The molecule has 1 heterocycles. The molecule has 22 heavy (non-hydrogen) atoms. The van der Waals surface area contributed by atoms with Crippen molar-refractivity contribution >= 4 is 38.3 Å². The number of carbonyl (C=O) groups is 1. The van der Waals surface area contributed by atoms with Gasteiger partial charge in [-0.2, -0.15) is 0 Å². The third-order valence-corrected chi connectivity index (χ3v) is 6.00. The summed E-state index contributed by atoms with van der Waals surface area (Å²) >= 11 is 6.03. The molecule has 1 N–H and O–H groups in total. The van der Waals surface area contributed by atoms with Crippen LogP contribution in [0.15, 0.2) is 47.3 Å². The van der Waals surface area contributed by atoms with Crippen molar-refractivity contribution in [3.8, 4) is 4.90 Å². The number of nitrogens with zero attached hydrogens (tertiary/aromatic N) is 1. The Morgan fingerprint density at radius 2 is 1.95 bits per heavy atom. The number of fused-ring (bicyclic) bond motifs is 1. The van der Waals surface area contributed by atoms with Gasteiger partial charge in [-0.3, -0.25) is 9.59 Å². The first kappa shape index (κ1) is 14.8. The summed E-state index contributed by atoms with van der Waals surface area (Å²) in [5, 5.41) is 3.80. The second kappa shape index (κ2) is 5.59. The van der Waals surface area contributed by atoms with Gasteiger partial charge in [-0.1, -0.05) is 23.7 Å². The molecule has 0 aliphatic rings. The van der Waals surface area contributed by atoms with E-state index in [-0.39, 0.29) is 11.5 Å². The molecule has 0 spiro atoms. The lowest BCUT2D eigenvalue weighted by atomic mass is 10.2. The molecule has 4 nitrogen and oxygen atoms in total. The SMILES string of the molecule is CNC(=O)c1cc(Cl)ccc1-[s+]1c2ccccc2c(=O)n1C. The highest BCUT2D eigenvalue weighted by atomic mass is 35.5. The maximum atomic E-state index is 12.4. The summed E-state index contributed by atoms with van der Waals surface area (Å²) in [4.78, 5) is 25.4. The minimum Gasteiger partial charge on any atom is -0.355 e. The number of amides is 1. The highest BCUT2D eigenvalue weighted by Gasteiger charge is 2.28. The Hall–Kier alpha value is -2.11. The van der Waals surface area contributed by atoms with Crippen LogP contribution in [-0.4, -0.2) is 16.9 Å². The molecule has 0 saturated heterocycles. The zero-order chi connectivity index (χ0) is 15.9. The summed E-state index contributed by atoms with van der Waals surface area (Å²) in [6.45, 7) is 0. The van der Waals surface area contributed by atoms with Crippen LogP contribution in [0.3, 0.4) is 0 Å². The van der Waals surface area contributed by atoms with E-state index in [1.165, 1.54) is 0 Å². The van der Waals surface area contributed by atoms with E-state index in [0.717, 1.165) is 9.60 Å². The first-order valence-corrected chi connectivity index (χ1v) is 8.23. The van der Waals surface area contributed by atoms with Gasteiger partial charge >= 0.3 is 5.56 Å². The third kappa shape index (κ3) is 2.23. The normalized spacial score (nSPS) is 11.7. The largest absolute Gasteiger partial charge is 0.355 e. The molecule has 0 aliphatic heterocycles. The van der Waals surface area contributed by atoms with Crippen LogP contribution in [0, 0.1) is 0 Å². The summed E-state index contributed by atoms with van der Waals surface area (Å²) in [6, 6.07) is 12.7. The van der Waals surface area contributed by atoms with Crippen molar-refractivity contribution in [2.45, 2.75) is 0 Å². The topological polar surface area (TPSA) is 51.1 Å². The quantitative estimate of drug-likeness (QED) is 0.732. The first-order chi connectivity index (χ1) is 10.5. The van der Waals surface area contributed by atoms with Gasteiger partial charge in [0.2, 0.25) is 9.60 Å². The Kier molecular flexibility index (Phi) is 3.76. The first-order valence-electron chi connectivity index (χ1n) is 6.67. The molecule has 0 aliphatic carbocycles. The molecular weight excluding hydrogens is 320 g/mol. The van der Waals surface area contributed by atoms with Crippen molar-refractivity contribution in [1.29, 1.82) is 0 Å². The van der Waals surface area contributed by atoms with Crippen molar-refractivity contribution in [1.82, 2.24) is 9.27 Å². The molecular formula is C16H14ClN2O2S+. The Morgan fingerprint density at radius 3 is 2.68 bits per heavy atom. The van der Waals surface area contributed by atoms with Gasteiger partial charge in [0.1, 0.15) is 21.6 Å². The number of nitrogens with one attached hydrogen (secondary N) is 1. The van der Waals surface area contributed by atoms with Crippen molar-refractivity contribution in [3.63, 3.8) is 0 Å². The molecule has 3 aromatic rings. The lowest BCUT2D eigenvalue weighted by molar-refractivity contribution is 0.0964. The van der Waals surface area contributed by atoms with Gasteiger partial charge in [0.05, 0.1) is 7.05 Å². The second-order valence-electron chi connectivity index (χ2n) is 4.80. The molecule has 0 fully saturated rings. The number of halogens is 1. The van der Waals surface area contributed by atoms with Crippen LogP contribution in [0.4, 0.5) is 0 Å². The van der Waals surface area contributed by atoms with Crippen molar-refractivity contribution < 1.29 is 4.79 Å². The summed E-state index contributed by atoms with van der Waals surface area (Å²) in [5.41, 5.74) is 0.464. The van der Waals surface area contributed by atoms with Gasteiger partial charge < -0.3 is 5.32 Å². The van der Waals surface area contributed by atoms with Crippen LogP contribution >= 0.6 is 22.3 Å². The van der Waals surface area contributed by atoms with E-state index in [4.69, 9.17) is 11.6 Å². The minimum absolute atomic E-state index is 0.0308. The zero-order valence-corrected chi connectivity index (χ0v) is 13.7. The summed E-state index contributed by atoms with van der Waals surface area (Å²) in [6.07, 6.45) is 0. The standard InChI is InChI=1S/C16H13ClN2O2S/c1-18-15(20)12-9-10(17)7-8-14(12)22-13-6-4-3-5-11(13)16(21)19(22)2/h3-9H,1-2H3/p+1. The van der Waals surface area contributed by atoms with E-state index in [2.05, 4.69) is 5.32 Å². The van der Waals surface area contributed by atoms with Gasteiger partial charge in [-0.05, 0) is 18.2 Å². The minimum atomic E-state index is -0.618. The second-order valence-corrected chi connectivity index (χ2v) is 7.24. The molecule has 1 amide bonds. The van der Waals surface area contributed by atoms with E-state index < -0.39 is 10.7 Å². The van der Waals surface area contributed by atoms with Gasteiger partial charge in [0.15, 0.2) is 0 Å². The fraction of sp³-hybridized carbons (Fsp3) is 0.125. The van der Waals surface area contributed by atoms with Crippen LogP contribution in [-0.2, 0) is 7.05 Å². The molecule has 1 atom stereocenters. The van der Waals surface area contributed by atoms with Crippen LogP contribution < -0.4 is 10.9 Å². The van der Waals surface area contributed by atoms with E-state index in [0.29, 0.717) is 16.0 Å². The van der Waals surface area contributed by atoms with Crippen molar-refractivity contribution in [3.05, 3.63) is 63.4 Å². The van der Waals surface area contributed by atoms with Gasteiger partial charge in [-0.25, -0.2) is 0 Å². The number of benzene rings is 2. The maximum Gasteiger partial charge on any atom is 0.304 e. The number of rotatable bonds is 2. The molecule has 0 bridgehead atoms. The average Bonchev–Trinajstić information content (AvgIpc) is 2.79. The van der Waals surface area contributed by atoms with E-state index in [9.17, 15) is 9.59 Å². The Labute approximate surface area is 135 Å². The molecule has 3 rings (SSSR count). The fourth-order valence-electron chi connectivity index (χ4n) is 2.46. The highest BCUT2D eigenvalue weighted by molar-refractivity contribution is 7.41. The smallest absolute Gasteiger partial charge is 0.304 e. The van der Waals surface area contributed by atoms with Crippen LogP contribution in [0.5, 0.6) is 0 Å². The van der Waals surface area contributed by atoms with E-state index >= 15 is 0 Å². The molecule has 112 valence electrons. The van der Waals surface area contributed by atoms with Crippen molar-refractivity contribution in [2.24, 2.45) is 7.05 Å². The van der Waals surface area contributed by atoms with Crippen LogP contribution in [0.25, 0.3) is 15.0 Å².